The van der Waals surface area contributed by atoms with E-state index < -0.39 is 27.6 Å². The van der Waals surface area contributed by atoms with Crippen LogP contribution in [0.15, 0.2) is 22.9 Å². The number of hydrazine groups is 1. The number of aromatic nitrogens is 1. The molecule has 0 unspecified atom stereocenters. The van der Waals surface area contributed by atoms with Crippen molar-refractivity contribution in [2.24, 2.45) is 5.92 Å². The minimum absolute atomic E-state index is 0.00852. The Labute approximate surface area is 124 Å². The lowest BCUT2D eigenvalue weighted by Crippen LogP contribution is -2.44. The Morgan fingerprint density at radius 2 is 2.05 bits per heavy atom. The molecule has 2 heterocycles. The van der Waals surface area contributed by atoms with E-state index in [0.29, 0.717) is 4.47 Å². The third-order valence-corrected chi connectivity index (χ3v) is 5.07. The molecule has 0 spiro atoms. The summed E-state index contributed by atoms with van der Waals surface area (Å²) in [5.41, 5.74) is 4.75. The zero-order valence-corrected chi connectivity index (χ0v) is 12.7. The van der Waals surface area contributed by atoms with Gasteiger partial charge in [0.1, 0.15) is 0 Å². The van der Waals surface area contributed by atoms with Crippen molar-refractivity contribution >= 4 is 37.6 Å². The van der Waals surface area contributed by atoms with Gasteiger partial charge in [-0.05, 0) is 28.4 Å². The normalized spacial score (nSPS) is 20.4. The van der Waals surface area contributed by atoms with Crippen molar-refractivity contribution in [1.82, 2.24) is 15.8 Å². The first-order chi connectivity index (χ1) is 9.37. The molecule has 1 aliphatic heterocycles. The van der Waals surface area contributed by atoms with E-state index in [1.165, 1.54) is 12.4 Å². The fraction of sp³-hybridized carbons (Fsp3) is 0.364. The molecule has 2 amide bonds. The van der Waals surface area contributed by atoms with Crippen LogP contribution in [0.25, 0.3) is 0 Å². The number of sulfone groups is 1. The summed E-state index contributed by atoms with van der Waals surface area (Å²) in [5.74, 6) is -1.79. The summed E-state index contributed by atoms with van der Waals surface area (Å²) in [6.45, 7) is 0. The summed E-state index contributed by atoms with van der Waals surface area (Å²) in [6, 6.07) is 1.55. The highest BCUT2D eigenvalue weighted by molar-refractivity contribution is 9.10. The molecule has 20 heavy (non-hydrogen) atoms. The number of halogens is 1. The zero-order chi connectivity index (χ0) is 14.8. The number of nitrogens with zero attached hydrogens (tertiary/aromatic N) is 1. The van der Waals surface area contributed by atoms with E-state index >= 15 is 0 Å². The Hall–Kier alpha value is -1.48. The quantitative estimate of drug-likeness (QED) is 0.723. The van der Waals surface area contributed by atoms with Crippen LogP contribution in [0.5, 0.6) is 0 Å². The number of nitrogens with one attached hydrogen (secondary N) is 2. The number of carbonyl (C=O) groups is 2. The van der Waals surface area contributed by atoms with Crippen LogP contribution in [0, 0.1) is 5.92 Å². The Balaban J connectivity index is 1.89. The molecule has 0 saturated carbocycles. The van der Waals surface area contributed by atoms with Crippen LogP contribution in [-0.4, -0.2) is 36.7 Å². The number of hydrogen-bond donors (Lipinski definition) is 2. The van der Waals surface area contributed by atoms with E-state index in [9.17, 15) is 18.0 Å². The molecule has 7 nitrogen and oxygen atoms in total. The summed E-state index contributed by atoms with van der Waals surface area (Å²) >= 11 is 3.18. The summed E-state index contributed by atoms with van der Waals surface area (Å²) in [5, 5.41) is 0. The molecule has 0 radical (unpaired) electrons. The van der Waals surface area contributed by atoms with Gasteiger partial charge in [0.15, 0.2) is 9.84 Å². The largest absolute Gasteiger partial charge is 0.273 e. The first-order valence-corrected chi connectivity index (χ1v) is 8.40. The van der Waals surface area contributed by atoms with Crippen LogP contribution in [-0.2, 0) is 14.6 Å². The molecular formula is C11H12BrN3O4S. The number of amides is 2. The minimum atomic E-state index is -3.13. The zero-order valence-electron chi connectivity index (χ0n) is 10.3. The van der Waals surface area contributed by atoms with Gasteiger partial charge in [-0.25, -0.2) is 8.42 Å². The number of rotatable bonds is 2. The standard InChI is InChI=1S/C11H12BrN3O4S/c12-9-3-8(4-13-5-9)11(17)15-14-10(16)7-1-2-20(18,19)6-7/h3-5,7H,1-2,6H2,(H,14,16)(H,15,17)/t7-/m1/s1. The highest BCUT2D eigenvalue weighted by Crippen LogP contribution is 2.18. The van der Waals surface area contributed by atoms with Crippen molar-refractivity contribution in [2.75, 3.05) is 11.5 Å². The second kappa shape index (κ2) is 5.88. The predicted molar refractivity (Wildman–Crippen MR) is 74.3 cm³/mol. The smallest absolute Gasteiger partial charge is 0.271 e. The van der Waals surface area contributed by atoms with Crippen molar-refractivity contribution in [1.29, 1.82) is 0 Å². The summed E-state index contributed by atoms with van der Waals surface area (Å²) in [6.07, 6.45) is 3.16. The molecule has 1 atom stereocenters. The average Bonchev–Trinajstić information content (AvgIpc) is 2.76. The molecule has 0 aliphatic carbocycles. The maximum Gasteiger partial charge on any atom is 0.271 e. The van der Waals surface area contributed by atoms with Gasteiger partial charge >= 0.3 is 0 Å². The van der Waals surface area contributed by atoms with Crippen LogP contribution >= 0.6 is 15.9 Å². The summed E-state index contributed by atoms with van der Waals surface area (Å²) < 4.78 is 23.2. The molecule has 1 aromatic heterocycles. The van der Waals surface area contributed by atoms with Gasteiger partial charge in [0.05, 0.1) is 23.0 Å². The third-order valence-electron chi connectivity index (χ3n) is 2.87. The highest BCUT2D eigenvalue weighted by Gasteiger charge is 2.33. The Morgan fingerprint density at radius 3 is 2.65 bits per heavy atom. The van der Waals surface area contributed by atoms with Crippen molar-refractivity contribution in [3.63, 3.8) is 0 Å². The maximum absolute atomic E-state index is 11.7. The van der Waals surface area contributed by atoms with E-state index in [4.69, 9.17) is 0 Å². The molecule has 1 fully saturated rings. The Morgan fingerprint density at radius 1 is 1.30 bits per heavy atom. The molecule has 1 aliphatic rings. The fourth-order valence-electron chi connectivity index (χ4n) is 1.83. The Bertz CT molecular complexity index is 647. The first kappa shape index (κ1) is 14.9. The Kier molecular flexibility index (Phi) is 4.39. The van der Waals surface area contributed by atoms with Crippen LogP contribution in [0.4, 0.5) is 0 Å². The molecule has 2 rings (SSSR count). The topological polar surface area (TPSA) is 105 Å². The molecule has 108 valence electrons. The van der Waals surface area contributed by atoms with E-state index in [1.54, 1.807) is 6.07 Å². The van der Waals surface area contributed by atoms with Gasteiger partial charge in [-0.15, -0.1) is 0 Å². The molecular weight excluding hydrogens is 350 g/mol. The second-order valence-corrected chi connectivity index (χ2v) is 7.58. The lowest BCUT2D eigenvalue weighted by atomic mass is 10.1. The molecule has 9 heteroatoms. The molecule has 0 bridgehead atoms. The van der Waals surface area contributed by atoms with Gasteiger partial charge in [-0.2, -0.15) is 0 Å². The summed E-state index contributed by atoms with van der Waals surface area (Å²) in [4.78, 5) is 27.3. The van der Waals surface area contributed by atoms with Crippen molar-refractivity contribution in [2.45, 2.75) is 6.42 Å². The van der Waals surface area contributed by atoms with Crippen molar-refractivity contribution in [3.8, 4) is 0 Å². The minimum Gasteiger partial charge on any atom is -0.273 e. The van der Waals surface area contributed by atoms with E-state index in [1.807, 2.05) is 0 Å². The molecule has 1 aromatic rings. The van der Waals surface area contributed by atoms with Gasteiger partial charge < -0.3 is 0 Å². The van der Waals surface area contributed by atoms with E-state index in [0.717, 1.165) is 0 Å². The molecule has 2 N–H and O–H groups in total. The van der Waals surface area contributed by atoms with Crippen molar-refractivity contribution < 1.29 is 18.0 Å². The van der Waals surface area contributed by atoms with Gasteiger partial charge in [0.25, 0.3) is 5.91 Å². The number of hydrogen-bond acceptors (Lipinski definition) is 5. The molecule has 1 saturated heterocycles. The predicted octanol–water partition coefficient (Wildman–Crippen LogP) is 0.0398. The number of pyridine rings is 1. The van der Waals surface area contributed by atoms with Crippen LogP contribution in [0.2, 0.25) is 0 Å². The number of carbonyl (C=O) groups excluding carboxylic acids is 2. The lowest BCUT2D eigenvalue weighted by Gasteiger charge is -2.10. The van der Waals surface area contributed by atoms with Crippen LogP contribution < -0.4 is 10.9 Å². The van der Waals surface area contributed by atoms with E-state index in [2.05, 4.69) is 31.8 Å². The van der Waals surface area contributed by atoms with Gasteiger partial charge in [0.2, 0.25) is 5.91 Å². The van der Waals surface area contributed by atoms with Crippen LogP contribution in [0.1, 0.15) is 16.8 Å². The molecule has 0 aromatic carbocycles. The third kappa shape index (κ3) is 3.76. The van der Waals surface area contributed by atoms with Gasteiger partial charge in [0, 0.05) is 16.9 Å². The maximum atomic E-state index is 11.7. The van der Waals surface area contributed by atoms with Crippen LogP contribution in [0.3, 0.4) is 0 Å². The fourth-order valence-corrected chi connectivity index (χ4v) is 3.94. The monoisotopic (exact) mass is 361 g/mol. The lowest BCUT2D eigenvalue weighted by molar-refractivity contribution is -0.125. The highest BCUT2D eigenvalue weighted by atomic mass is 79.9. The van der Waals surface area contributed by atoms with E-state index in [-0.39, 0.29) is 23.5 Å². The SMILES string of the molecule is O=C(NNC(=O)[C@@H]1CCS(=O)(=O)C1)c1cncc(Br)c1. The van der Waals surface area contributed by atoms with Gasteiger partial charge in [-0.3, -0.25) is 25.4 Å². The van der Waals surface area contributed by atoms with Gasteiger partial charge in [-0.1, -0.05) is 0 Å². The summed E-state index contributed by atoms with van der Waals surface area (Å²) in [7, 11) is -3.13. The average molecular weight is 362 g/mol. The second-order valence-electron chi connectivity index (χ2n) is 4.44. The van der Waals surface area contributed by atoms with Crippen molar-refractivity contribution in [3.05, 3.63) is 28.5 Å². The first-order valence-electron chi connectivity index (χ1n) is 5.78.